The zero-order chi connectivity index (χ0) is 14.7. The number of pyridine rings is 1. The monoisotopic (exact) mass is 306 g/mol. The smallest absolute Gasteiger partial charge is 0.160 e. The van der Waals surface area contributed by atoms with E-state index in [-0.39, 0.29) is 0 Å². The van der Waals surface area contributed by atoms with E-state index < -0.39 is 0 Å². The Bertz CT molecular complexity index is 587. The average Bonchev–Trinajstić information content (AvgIpc) is 2.87. The van der Waals surface area contributed by atoms with Gasteiger partial charge < -0.3 is 9.47 Å². The van der Waals surface area contributed by atoms with Gasteiger partial charge in [0.25, 0.3) is 0 Å². The van der Waals surface area contributed by atoms with Crippen molar-refractivity contribution in [1.82, 2.24) is 19.4 Å². The summed E-state index contributed by atoms with van der Waals surface area (Å²) in [4.78, 5) is 11.9. The number of nitrogens with zero attached hydrogens (tertiary/aromatic N) is 4. The minimum atomic E-state index is 0.510. The highest BCUT2D eigenvalue weighted by Crippen LogP contribution is 2.28. The fourth-order valence-corrected chi connectivity index (χ4v) is 3.51. The van der Waals surface area contributed by atoms with E-state index in [2.05, 4.69) is 21.4 Å². The van der Waals surface area contributed by atoms with Gasteiger partial charge in [0.05, 0.1) is 0 Å². The Balaban J connectivity index is 1.87. The Morgan fingerprint density at radius 2 is 2.14 bits per heavy atom. The maximum absolute atomic E-state index is 5.96. The summed E-state index contributed by atoms with van der Waals surface area (Å²) in [5.74, 6) is 1.70. The predicted octanol–water partition coefficient (Wildman–Crippen LogP) is 3.26. The number of aromatic nitrogens is 3. The Kier molecular flexibility index (Phi) is 4.76. The van der Waals surface area contributed by atoms with Crippen LogP contribution in [0.2, 0.25) is 0 Å². The van der Waals surface area contributed by atoms with E-state index in [0.717, 1.165) is 23.4 Å². The molecule has 3 rings (SSSR count). The van der Waals surface area contributed by atoms with Crippen LogP contribution in [0, 0.1) is 0 Å². The summed E-state index contributed by atoms with van der Waals surface area (Å²) in [5.41, 5.74) is 2.01. The van der Waals surface area contributed by atoms with Crippen LogP contribution in [0.3, 0.4) is 0 Å². The molecule has 3 heterocycles. The third-order valence-corrected chi connectivity index (χ3v) is 4.49. The van der Waals surface area contributed by atoms with E-state index in [9.17, 15) is 0 Å². The number of hydrogen-bond acceptors (Lipinski definition) is 3. The first kappa shape index (κ1) is 14.8. The van der Waals surface area contributed by atoms with Crippen LogP contribution in [0.1, 0.15) is 38.1 Å². The molecule has 1 aliphatic heterocycles. The molecule has 1 aliphatic rings. The molecule has 2 aromatic rings. The van der Waals surface area contributed by atoms with Gasteiger partial charge in [0.1, 0.15) is 11.3 Å². The quantitative estimate of drug-likeness (QED) is 0.795. The fourth-order valence-electron chi connectivity index (χ4n) is 3.34. The third kappa shape index (κ3) is 3.06. The summed E-state index contributed by atoms with van der Waals surface area (Å²) >= 11 is 5.96. The van der Waals surface area contributed by atoms with E-state index in [0.29, 0.717) is 11.9 Å². The van der Waals surface area contributed by atoms with Gasteiger partial charge in [-0.3, -0.25) is 0 Å². The molecule has 114 valence electrons. The number of hydrogen-bond donors (Lipinski definition) is 0. The number of rotatable bonds is 5. The molecular weight excluding hydrogens is 284 g/mol. The van der Waals surface area contributed by atoms with Crippen molar-refractivity contribution < 1.29 is 0 Å². The van der Waals surface area contributed by atoms with Gasteiger partial charge in [0, 0.05) is 37.6 Å². The van der Waals surface area contributed by atoms with Gasteiger partial charge >= 0.3 is 0 Å². The van der Waals surface area contributed by atoms with Gasteiger partial charge in [0.2, 0.25) is 0 Å². The highest BCUT2D eigenvalue weighted by Gasteiger charge is 2.24. The zero-order valence-electron chi connectivity index (χ0n) is 12.6. The lowest BCUT2D eigenvalue weighted by atomic mass is 10.0. The van der Waals surface area contributed by atoms with Crippen molar-refractivity contribution in [2.45, 2.75) is 38.6 Å². The van der Waals surface area contributed by atoms with Crippen LogP contribution >= 0.6 is 11.6 Å². The lowest BCUT2D eigenvalue weighted by molar-refractivity contribution is 0.187. The second-order valence-corrected chi connectivity index (χ2v) is 6.13. The third-order valence-electron chi connectivity index (χ3n) is 4.30. The first-order valence-electron chi connectivity index (χ1n) is 7.93. The highest BCUT2D eigenvalue weighted by molar-refractivity contribution is 6.17. The van der Waals surface area contributed by atoms with Gasteiger partial charge in [-0.15, -0.1) is 11.6 Å². The van der Waals surface area contributed by atoms with Crippen molar-refractivity contribution >= 4 is 22.8 Å². The normalized spacial score (nSPS) is 17.6. The summed E-state index contributed by atoms with van der Waals surface area (Å²) < 4.78 is 2.35. The van der Waals surface area contributed by atoms with Crippen LogP contribution in [0.4, 0.5) is 0 Å². The molecular formula is C16H23ClN4. The van der Waals surface area contributed by atoms with Gasteiger partial charge in [0.15, 0.2) is 5.65 Å². The van der Waals surface area contributed by atoms with Crippen molar-refractivity contribution in [3.8, 4) is 0 Å². The lowest BCUT2D eigenvalue weighted by Gasteiger charge is -2.33. The molecule has 0 radical (unpaired) electrons. The Morgan fingerprint density at radius 3 is 2.86 bits per heavy atom. The van der Waals surface area contributed by atoms with E-state index in [1.54, 1.807) is 0 Å². The molecule has 2 aromatic heterocycles. The van der Waals surface area contributed by atoms with E-state index in [4.69, 9.17) is 16.6 Å². The van der Waals surface area contributed by atoms with Crippen molar-refractivity contribution in [3.05, 3.63) is 24.2 Å². The summed E-state index contributed by atoms with van der Waals surface area (Å²) in [7, 11) is 0. The molecule has 1 saturated heterocycles. The standard InChI is InChI=1S/C16H23ClN4/c1-2-10-20-11-6-13(7-12-20)21-15(5-8-17)19-14-4-3-9-18-16(14)21/h3-4,9,13H,2,5-8,10-12H2,1H3. The molecule has 0 bridgehead atoms. The molecule has 0 saturated carbocycles. The zero-order valence-corrected chi connectivity index (χ0v) is 13.4. The first-order valence-corrected chi connectivity index (χ1v) is 8.47. The maximum Gasteiger partial charge on any atom is 0.160 e. The minimum absolute atomic E-state index is 0.510. The number of imidazole rings is 1. The van der Waals surface area contributed by atoms with E-state index >= 15 is 0 Å². The molecule has 0 spiro atoms. The summed E-state index contributed by atoms with van der Waals surface area (Å²) in [6.07, 6.45) is 6.26. The topological polar surface area (TPSA) is 34.0 Å². The van der Waals surface area contributed by atoms with Crippen molar-refractivity contribution in [2.24, 2.45) is 0 Å². The maximum atomic E-state index is 5.96. The highest BCUT2D eigenvalue weighted by atomic mass is 35.5. The van der Waals surface area contributed by atoms with Crippen LogP contribution in [0.15, 0.2) is 18.3 Å². The lowest BCUT2D eigenvalue weighted by Crippen LogP contribution is -2.35. The van der Waals surface area contributed by atoms with Crippen molar-refractivity contribution in [1.29, 1.82) is 0 Å². The number of aryl methyl sites for hydroxylation is 1. The summed E-state index contributed by atoms with van der Waals surface area (Å²) in [6.45, 7) is 5.80. The molecule has 4 nitrogen and oxygen atoms in total. The molecule has 21 heavy (non-hydrogen) atoms. The van der Waals surface area contributed by atoms with E-state index in [1.807, 2.05) is 18.3 Å². The number of likely N-dealkylation sites (tertiary alicyclic amines) is 1. The van der Waals surface area contributed by atoms with Gasteiger partial charge in [-0.2, -0.15) is 0 Å². The molecule has 0 N–H and O–H groups in total. The molecule has 5 heteroatoms. The first-order chi connectivity index (χ1) is 10.3. The molecule has 0 unspecified atom stereocenters. The number of fused-ring (bicyclic) bond motifs is 1. The minimum Gasteiger partial charge on any atom is -0.309 e. The largest absolute Gasteiger partial charge is 0.309 e. The van der Waals surface area contributed by atoms with Crippen LogP contribution in [0.5, 0.6) is 0 Å². The number of halogens is 1. The van der Waals surface area contributed by atoms with Crippen molar-refractivity contribution in [2.75, 3.05) is 25.5 Å². The van der Waals surface area contributed by atoms with Crippen LogP contribution in [0.25, 0.3) is 11.2 Å². The van der Waals surface area contributed by atoms with Crippen molar-refractivity contribution in [3.63, 3.8) is 0 Å². The number of piperidine rings is 1. The van der Waals surface area contributed by atoms with Crippen LogP contribution < -0.4 is 0 Å². The van der Waals surface area contributed by atoms with Crippen LogP contribution in [-0.4, -0.2) is 44.9 Å². The Morgan fingerprint density at radius 1 is 1.33 bits per heavy atom. The molecule has 1 fully saturated rings. The molecule has 0 amide bonds. The predicted molar refractivity (Wildman–Crippen MR) is 87.0 cm³/mol. The fraction of sp³-hybridized carbons (Fsp3) is 0.625. The Labute approximate surface area is 131 Å². The average molecular weight is 307 g/mol. The van der Waals surface area contributed by atoms with Crippen LogP contribution in [-0.2, 0) is 6.42 Å². The van der Waals surface area contributed by atoms with Gasteiger partial charge in [-0.05, 0) is 37.9 Å². The Hall–Kier alpha value is -1.13. The second-order valence-electron chi connectivity index (χ2n) is 5.76. The number of alkyl halides is 1. The molecule has 0 atom stereocenters. The van der Waals surface area contributed by atoms with E-state index in [1.165, 1.54) is 38.9 Å². The van der Waals surface area contributed by atoms with Gasteiger partial charge in [-0.1, -0.05) is 6.92 Å². The molecule has 0 aliphatic carbocycles. The second kappa shape index (κ2) is 6.75. The molecule has 0 aromatic carbocycles. The summed E-state index contributed by atoms with van der Waals surface area (Å²) in [5, 5.41) is 0. The van der Waals surface area contributed by atoms with Gasteiger partial charge in [-0.25, -0.2) is 9.97 Å². The summed E-state index contributed by atoms with van der Waals surface area (Å²) in [6, 6.07) is 4.51. The SMILES string of the molecule is CCCN1CCC(n2c(CCCl)nc3cccnc32)CC1.